The Morgan fingerprint density at radius 1 is 0.927 bits per heavy atom. The van der Waals surface area contributed by atoms with Gasteiger partial charge in [0.2, 0.25) is 0 Å². The van der Waals surface area contributed by atoms with E-state index in [9.17, 15) is 4.79 Å². The second-order valence-corrected chi connectivity index (χ2v) is 10.9. The van der Waals surface area contributed by atoms with Gasteiger partial charge in [-0.25, -0.2) is 9.78 Å². The molecule has 6 rings (SSSR count). The molecule has 2 unspecified atom stereocenters. The zero-order chi connectivity index (χ0) is 28.3. The number of ether oxygens (including phenoxy) is 3. The second kappa shape index (κ2) is 11.6. The van der Waals surface area contributed by atoms with Crippen LogP contribution >= 0.6 is 0 Å². The molecule has 1 saturated carbocycles. The summed E-state index contributed by atoms with van der Waals surface area (Å²) in [5, 5.41) is 6.35. The predicted molar refractivity (Wildman–Crippen MR) is 159 cm³/mol. The Balaban J connectivity index is 1.13. The minimum absolute atomic E-state index is 0.0329. The van der Waals surface area contributed by atoms with Gasteiger partial charge >= 0.3 is 5.97 Å². The lowest BCUT2D eigenvalue weighted by atomic mass is 9.76. The van der Waals surface area contributed by atoms with E-state index in [1.54, 1.807) is 12.3 Å². The maximum Gasteiger partial charge on any atom is 0.356 e. The molecule has 1 fully saturated rings. The first kappa shape index (κ1) is 26.8. The maximum atomic E-state index is 11.8. The molecule has 0 bridgehead atoms. The Labute approximate surface area is 240 Å². The minimum Gasteiger partial charge on any atom is -0.493 e. The number of nitrogens with zero attached hydrogens (tertiary/aromatic N) is 2. The molecular weight excluding hydrogens is 516 g/mol. The van der Waals surface area contributed by atoms with E-state index in [0.717, 1.165) is 50.2 Å². The van der Waals surface area contributed by atoms with Crippen molar-refractivity contribution in [2.45, 2.75) is 39.2 Å². The molecule has 4 aromatic rings. The van der Waals surface area contributed by atoms with Crippen molar-refractivity contribution < 1.29 is 23.8 Å². The number of carbonyl (C=O) groups excluding carboxylic acids is 1. The quantitative estimate of drug-likeness (QED) is 0.210. The lowest BCUT2D eigenvalue weighted by molar-refractivity contribution is -0.0187. The van der Waals surface area contributed by atoms with Crippen LogP contribution in [0, 0.1) is 25.7 Å². The summed E-state index contributed by atoms with van der Waals surface area (Å²) in [6.45, 7) is 5.00. The average molecular weight is 551 g/mol. The number of rotatable bonds is 9. The molecule has 210 valence electrons. The molecule has 1 aromatic heterocycles. The number of hydrogen-bond donors (Lipinski definition) is 0. The molecule has 0 spiro atoms. The van der Waals surface area contributed by atoms with Crippen molar-refractivity contribution >= 4 is 22.5 Å². The summed E-state index contributed by atoms with van der Waals surface area (Å²) < 4.78 is 17.3. The Morgan fingerprint density at radius 3 is 2.39 bits per heavy atom. The number of benzene rings is 3. The van der Waals surface area contributed by atoms with Gasteiger partial charge < -0.3 is 19.0 Å². The van der Waals surface area contributed by atoms with Crippen LogP contribution in [0.5, 0.6) is 11.5 Å². The van der Waals surface area contributed by atoms with Crippen molar-refractivity contribution in [1.82, 2.24) is 4.98 Å². The molecule has 1 aliphatic carbocycles. The summed E-state index contributed by atoms with van der Waals surface area (Å²) >= 11 is 0. The van der Waals surface area contributed by atoms with Gasteiger partial charge in [0, 0.05) is 11.6 Å². The third-order valence-corrected chi connectivity index (χ3v) is 8.24. The number of aromatic nitrogens is 1. The number of oxime groups is 1. The highest BCUT2D eigenvalue weighted by molar-refractivity contribution is 5.94. The van der Waals surface area contributed by atoms with Gasteiger partial charge in [-0.3, -0.25) is 0 Å². The summed E-state index contributed by atoms with van der Waals surface area (Å²) in [7, 11) is 1.35. The number of pyridine rings is 1. The van der Waals surface area contributed by atoms with Crippen LogP contribution in [0.15, 0.2) is 78.1 Å². The van der Waals surface area contributed by atoms with Gasteiger partial charge in [0.05, 0.1) is 13.0 Å². The van der Waals surface area contributed by atoms with Crippen molar-refractivity contribution in [1.29, 1.82) is 0 Å². The third-order valence-electron chi connectivity index (χ3n) is 8.24. The lowest BCUT2D eigenvalue weighted by Gasteiger charge is -2.33. The molecule has 0 saturated heterocycles. The molecule has 7 nitrogen and oxygen atoms in total. The van der Waals surface area contributed by atoms with Crippen molar-refractivity contribution in [2.75, 3.05) is 20.3 Å². The van der Waals surface area contributed by atoms with Gasteiger partial charge in [-0.15, -0.1) is 0 Å². The van der Waals surface area contributed by atoms with Crippen LogP contribution in [0.2, 0.25) is 0 Å². The van der Waals surface area contributed by atoms with E-state index in [1.165, 1.54) is 26.4 Å². The molecule has 2 heterocycles. The second-order valence-electron chi connectivity index (χ2n) is 10.9. The van der Waals surface area contributed by atoms with E-state index in [1.807, 2.05) is 30.3 Å². The van der Waals surface area contributed by atoms with Crippen molar-refractivity contribution in [2.24, 2.45) is 17.0 Å². The number of esters is 1. The molecule has 2 atom stereocenters. The summed E-state index contributed by atoms with van der Waals surface area (Å²) in [4.78, 5) is 22.0. The van der Waals surface area contributed by atoms with Crippen LogP contribution in [0.25, 0.3) is 21.9 Å². The Kier molecular flexibility index (Phi) is 7.59. The average Bonchev–Trinajstić information content (AvgIpc) is 3.35. The smallest absolute Gasteiger partial charge is 0.356 e. The highest BCUT2D eigenvalue weighted by Gasteiger charge is 2.42. The van der Waals surface area contributed by atoms with Crippen LogP contribution < -0.4 is 9.47 Å². The van der Waals surface area contributed by atoms with E-state index < -0.39 is 5.97 Å². The molecule has 3 aromatic carbocycles. The van der Waals surface area contributed by atoms with Gasteiger partial charge in [0.25, 0.3) is 0 Å². The summed E-state index contributed by atoms with van der Waals surface area (Å²) in [5.74, 6) is 1.83. The zero-order valence-electron chi connectivity index (χ0n) is 23.6. The van der Waals surface area contributed by atoms with Crippen LogP contribution in [0.1, 0.15) is 40.9 Å². The third kappa shape index (κ3) is 5.62. The van der Waals surface area contributed by atoms with Gasteiger partial charge in [0.15, 0.2) is 0 Å². The zero-order valence-corrected chi connectivity index (χ0v) is 23.6. The molecule has 41 heavy (non-hydrogen) atoms. The highest BCUT2D eigenvalue weighted by Crippen LogP contribution is 2.38. The molecule has 0 radical (unpaired) electrons. The first-order chi connectivity index (χ1) is 20.0. The molecule has 7 heteroatoms. The first-order valence-electron chi connectivity index (χ1n) is 14.1. The predicted octanol–water partition coefficient (Wildman–Crippen LogP) is 6.93. The fourth-order valence-electron chi connectivity index (χ4n) is 5.61. The number of methoxy groups -OCH3 is 1. The van der Waals surface area contributed by atoms with Crippen molar-refractivity contribution in [3.63, 3.8) is 0 Å². The highest BCUT2D eigenvalue weighted by atomic mass is 16.6. The van der Waals surface area contributed by atoms with E-state index in [2.05, 4.69) is 54.3 Å². The fraction of sp³-hybridized carbons (Fsp3) is 0.324. The number of hydrogen-bond acceptors (Lipinski definition) is 7. The number of para-hydroxylation sites is 1. The number of fused-ring (bicyclic) bond motifs is 1. The lowest BCUT2D eigenvalue weighted by Crippen LogP contribution is -2.39. The molecule has 0 N–H and O–H groups in total. The van der Waals surface area contributed by atoms with E-state index in [-0.39, 0.29) is 12.0 Å². The van der Waals surface area contributed by atoms with Crippen LogP contribution in [-0.2, 0) is 9.57 Å². The van der Waals surface area contributed by atoms with Gasteiger partial charge in [-0.2, -0.15) is 0 Å². The number of carbonyl (C=O) groups is 1. The van der Waals surface area contributed by atoms with Gasteiger partial charge in [-0.1, -0.05) is 54.0 Å². The molecule has 0 amide bonds. The normalized spacial score (nSPS) is 18.4. The molecular formula is C34H34N2O5. The van der Waals surface area contributed by atoms with E-state index in [4.69, 9.17) is 19.0 Å². The van der Waals surface area contributed by atoms with E-state index >= 15 is 0 Å². The van der Waals surface area contributed by atoms with Crippen LogP contribution in [-0.4, -0.2) is 43.1 Å². The fourth-order valence-corrected chi connectivity index (χ4v) is 5.61. The maximum absolute atomic E-state index is 11.8. The minimum atomic E-state index is -0.443. The van der Waals surface area contributed by atoms with Crippen molar-refractivity contribution in [3.05, 3.63) is 89.7 Å². The largest absolute Gasteiger partial charge is 0.493 e. The van der Waals surface area contributed by atoms with Crippen molar-refractivity contribution in [3.8, 4) is 22.6 Å². The van der Waals surface area contributed by atoms with E-state index in [0.29, 0.717) is 24.8 Å². The summed E-state index contributed by atoms with van der Waals surface area (Å²) in [6.07, 6.45) is 5.31. The summed E-state index contributed by atoms with van der Waals surface area (Å²) in [5.41, 5.74) is 5.55. The first-order valence-corrected chi connectivity index (χ1v) is 14.1. The van der Waals surface area contributed by atoms with Crippen LogP contribution in [0.3, 0.4) is 0 Å². The Morgan fingerprint density at radius 2 is 1.68 bits per heavy atom. The molecule has 1 aliphatic heterocycles. The van der Waals surface area contributed by atoms with Gasteiger partial charge in [0.1, 0.15) is 42.2 Å². The Bertz CT molecular complexity index is 1570. The molecule has 2 aliphatic rings. The Hall–Kier alpha value is -4.39. The monoisotopic (exact) mass is 550 g/mol. The van der Waals surface area contributed by atoms with Crippen LogP contribution in [0.4, 0.5) is 0 Å². The summed E-state index contributed by atoms with van der Waals surface area (Å²) in [6, 6.07) is 22.1. The SMILES string of the molecule is COC(=O)c1cc2ccc(-c3ccc(OCC4C(COc5c(C)cccc5C)=NOC4C4CCC4)cc3)cc2cn1. The van der Waals surface area contributed by atoms with Gasteiger partial charge in [-0.05, 0) is 84.5 Å². The topological polar surface area (TPSA) is 79.2 Å². The standard InChI is InChI=1S/C34H34N2O5/c1-21-6-4-7-22(2)32(21)40-20-31-29(33(41-36-31)24-8-5-9-24)19-39-28-14-12-23(13-15-28)25-10-11-26-17-30(34(37)38-3)35-18-27(26)16-25/h4,6-7,10-18,24,29,33H,5,8-9,19-20H2,1-3H3. The number of aryl methyl sites for hydroxylation is 2.